The normalized spacial score (nSPS) is 12.5. The summed E-state index contributed by atoms with van der Waals surface area (Å²) in [7, 11) is 0. The Balaban J connectivity index is 0.00000111. The Morgan fingerprint density at radius 3 is 1.21 bits per heavy atom. The molecule has 0 saturated carbocycles. The lowest BCUT2D eigenvalue weighted by Gasteiger charge is -2.13. The van der Waals surface area contributed by atoms with Crippen molar-refractivity contribution in [1.29, 1.82) is 0 Å². The first-order valence-electron chi connectivity index (χ1n) is 18.9. The van der Waals surface area contributed by atoms with E-state index in [1.54, 1.807) is 0 Å². The van der Waals surface area contributed by atoms with Gasteiger partial charge in [0.05, 0.1) is 0 Å². The molecule has 0 bridgehead atoms. The number of hydrogen-bond donors (Lipinski definition) is 7. The third-order valence-corrected chi connectivity index (χ3v) is 21.7. The van der Waals surface area contributed by atoms with Gasteiger partial charge in [0.25, 0.3) is 0 Å². The van der Waals surface area contributed by atoms with Crippen molar-refractivity contribution in [2.24, 2.45) is 0 Å². The van der Waals surface area contributed by atoms with Gasteiger partial charge in [0, 0.05) is 96.3 Å². The Bertz CT molecular complexity index is 1130. The van der Waals surface area contributed by atoms with Crippen molar-refractivity contribution in [3.63, 3.8) is 0 Å². The molecule has 0 aliphatic carbocycles. The summed E-state index contributed by atoms with van der Waals surface area (Å²) in [5.74, 6) is 22.4. The van der Waals surface area contributed by atoms with Gasteiger partial charge in [-0.15, -0.1) is 0 Å². The van der Waals surface area contributed by atoms with Gasteiger partial charge in [-0.2, -0.15) is 182 Å². The number of aryl methyl sites for hydroxylation is 2. The molecule has 3 unspecified atom stereocenters. The van der Waals surface area contributed by atoms with Crippen LogP contribution in [0.15, 0.2) is 61.7 Å². The van der Waals surface area contributed by atoms with E-state index in [2.05, 4.69) is 173 Å². The van der Waals surface area contributed by atoms with E-state index in [1.165, 1.54) is 75.7 Å². The second-order valence-electron chi connectivity index (χ2n) is 11.8. The average molecular weight is 1040 g/mol. The van der Waals surface area contributed by atoms with Gasteiger partial charge in [-0.1, -0.05) is 67.8 Å². The van der Waals surface area contributed by atoms with E-state index in [4.69, 9.17) is 0 Å². The van der Waals surface area contributed by atoms with Crippen molar-refractivity contribution < 1.29 is 0 Å². The quantitative estimate of drug-likeness (QED) is 0.0270. The molecule has 322 valence electrons. The van der Waals surface area contributed by atoms with E-state index < -0.39 is 0 Å². The zero-order valence-electron chi connectivity index (χ0n) is 32.9. The summed E-state index contributed by atoms with van der Waals surface area (Å²) in [5.41, 5.74) is 5.26. The number of benzene rings is 2. The Morgan fingerprint density at radius 1 is 0.429 bits per heavy atom. The molecular weight excluding hydrogens is 973 g/mol. The Labute approximate surface area is 417 Å². The summed E-state index contributed by atoms with van der Waals surface area (Å²) in [6.45, 7) is 7.34. The predicted molar refractivity (Wildman–Crippen MR) is 313 cm³/mol. The molecule has 0 amide bonds. The molecule has 56 heavy (non-hydrogen) atoms. The molecule has 0 nitrogen and oxygen atoms in total. The van der Waals surface area contributed by atoms with Crippen LogP contribution in [0.4, 0.5) is 0 Å². The molecule has 0 aliphatic rings. The molecule has 0 fully saturated rings. The van der Waals surface area contributed by atoms with Crippen LogP contribution in [0.2, 0.25) is 0 Å². The molecule has 15 heteroatoms. The lowest BCUT2D eigenvalue weighted by atomic mass is 10.1. The van der Waals surface area contributed by atoms with Gasteiger partial charge >= 0.3 is 0 Å². The van der Waals surface area contributed by atoms with Crippen molar-refractivity contribution in [2.45, 2.75) is 28.6 Å². The van der Waals surface area contributed by atoms with Crippen LogP contribution in [0.3, 0.4) is 0 Å². The Kier molecular flexibility index (Phi) is 48.8. The van der Waals surface area contributed by atoms with Crippen molar-refractivity contribution in [3.05, 3.63) is 83.9 Å². The number of thiol groups is 7. The van der Waals surface area contributed by atoms with Gasteiger partial charge in [0.2, 0.25) is 0 Å². The molecule has 3 atom stereocenters. The van der Waals surface area contributed by atoms with Crippen molar-refractivity contribution in [1.82, 2.24) is 0 Å². The Morgan fingerprint density at radius 2 is 0.804 bits per heavy atom. The highest BCUT2D eigenvalue weighted by atomic mass is 32.2. The first-order valence-corrected chi connectivity index (χ1v) is 32.2. The SMILES string of the molecule is C=Cc1cccc(C=C)c1.SCCSCC(CS)SCCS.SCCSCC(CS)SCCSCCc1cccc(CCSCCSCC(CS)SCCS)c1. The fourth-order valence-electron chi connectivity index (χ4n) is 4.40. The number of rotatable bonds is 34. The zero-order chi connectivity index (χ0) is 41.3. The monoisotopic (exact) mass is 1040 g/mol. The van der Waals surface area contributed by atoms with Crippen LogP contribution in [-0.4, -0.2) is 131 Å². The van der Waals surface area contributed by atoms with E-state index in [-0.39, 0.29) is 0 Å². The first kappa shape index (κ1) is 59.2. The topological polar surface area (TPSA) is 0 Å². The lowest BCUT2D eigenvalue weighted by molar-refractivity contribution is 1.10. The van der Waals surface area contributed by atoms with Crippen LogP contribution in [0, 0.1) is 0 Å². The summed E-state index contributed by atoms with van der Waals surface area (Å²) >= 11 is 46.6. The predicted octanol–water partition coefficient (Wildman–Crippen LogP) is 13.2. The van der Waals surface area contributed by atoms with Crippen molar-refractivity contribution >= 4 is 195 Å². The lowest BCUT2D eigenvalue weighted by Crippen LogP contribution is -2.10. The second-order valence-corrected chi connectivity index (χ2v) is 24.8. The van der Waals surface area contributed by atoms with E-state index >= 15 is 0 Å². The molecule has 0 spiro atoms. The minimum Gasteiger partial charge on any atom is -0.179 e. The van der Waals surface area contributed by atoms with E-state index in [1.807, 2.05) is 83.5 Å². The van der Waals surface area contributed by atoms with Crippen LogP contribution in [0.1, 0.15) is 22.3 Å². The molecule has 2 rings (SSSR count). The molecule has 0 N–H and O–H groups in total. The summed E-state index contributed by atoms with van der Waals surface area (Å²) in [5, 5.41) is 2.03. The van der Waals surface area contributed by atoms with E-state index in [0.29, 0.717) is 15.7 Å². The summed E-state index contributed by atoms with van der Waals surface area (Å²) < 4.78 is 0. The van der Waals surface area contributed by atoms with Crippen LogP contribution >= 0.6 is 182 Å². The van der Waals surface area contributed by atoms with Gasteiger partial charge in [-0.3, -0.25) is 0 Å². The molecule has 0 aromatic heterocycles. The summed E-state index contributed by atoms with van der Waals surface area (Å²) in [4.78, 5) is 0. The smallest absolute Gasteiger partial charge is 0.0226 e. The maximum atomic E-state index is 4.52. The number of thioether (sulfide) groups is 8. The van der Waals surface area contributed by atoms with E-state index in [9.17, 15) is 0 Å². The highest BCUT2D eigenvalue weighted by Crippen LogP contribution is 2.22. The van der Waals surface area contributed by atoms with Crippen LogP contribution in [-0.2, 0) is 12.8 Å². The fraction of sp³-hybridized carbons (Fsp3) is 0.610. The van der Waals surface area contributed by atoms with Crippen molar-refractivity contribution in [2.75, 3.05) is 115 Å². The van der Waals surface area contributed by atoms with Gasteiger partial charge in [-0.25, -0.2) is 0 Å². The van der Waals surface area contributed by atoms with Crippen LogP contribution < -0.4 is 0 Å². The third kappa shape index (κ3) is 36.6. The van der Waals surface area contributed by atoms with Gasteiger partial charge < -0.3 is 0 Å². The fourth-order valence-corrected chi connectivity index (χ4v) is 16.1. The standard InChI is InChI=1S/C24H42S10.C10H10.C7H16S5/c25-6-10-31-19-24(18-28)34-15-14-30-9-5-22-3-1-2-21(16-22)4-8-29-12-13-32-20-23(17-27)33-11-7-26;1-3-9-6-5-7-10(4-2)8-9;8-1-3-11-6-7(5-10)12-4-2-9/h1-3,16,23-28H,4-15,17-20H2;3-8H,1-2H2;7-10H,1-6H2. The Hall–Kier alpha value is 3.17. The largest absolute Gasteiger partial charge is 0.179 e. The van der Waals surface area contributed by atoms with E-state index in [0.717, 1.165) is 74.4 Å². The molecule has 2 aromatic rings. The first-order chi connectivity index (χ1) is 27.4. The minimum atomic E-state index is 0.669. The molecular formula is C41H68S15. The molecule has 0 aliphatic heterocycles. The van der Waals surface area contributed by atoms with Crippen LogP contribution in [0.25, 0.3) is 12.2 Å². The van der Waals surface area contributed by atoms with Gasteiger partial charge in [0.15, 0.2) is 0 Å². The average Bonchev–Trinajstić information content (AvgIpc) is 3.24. The van der Waals surface area contributed by atoms with Gasteiger partial charge in [0.1, 0.15) is 0 Å². The maximum Gasteiger partial charge on any atom is 0.0226 e. The maximum absolute atomic E-state index is 4.52. The highest BCUT2D eigenvalue weighted by Gasteiger charge is 2.09. The van der Waals surface area contributed by atoms with Crippen molar-refractivity contribution in [3.8, 4) is 0 Å². The van der Waals surface area contributed by atoms with Crippen LogP contribution in [0.5, 0.6) is 0 Å². The zero-order valence-corrected chi connectivity index (χ0v) is 45.7. The molecule has 0 saturated heterocycles. The number of hydrogen-bond acceptors (Lipinski definition) is 15. The molecule has 0 heterocycles. The summed E-state index contributed by atoms with van der Waals surface area (Å²) in [6.07, 6.45) is 6.01. The third-order valence-electron chi connectivity index (χ3n) is 7.28. The highest BCUT2D eigenvalue weighted by molar-refractivity contribution is 8.06. The molecule has 2 aromatic carbocycles. The molecule has 0 radical (unpaired) electrons. The minimum absolute atomic E-state index is 0.669. The summed E-state index contributed by atoms with van der Waals surface area (Å²) in [6, 6.07) is 17.3. The van der Waals surface area contributed by atoms with Gasteiger partial charge in [-0.05, 0) is 75.7 Å². The second kappa shape index (κ2) is 46.2.